The first kappa shape index (κ1) is 19.2. The average Bonchev–Trinajstić information content (AvgIpc) is 2.36. The van der Waals surface area contributed by atoms with Crippen molar-refractivity contribution in [1.82, 2.24) is 0 Å². The van der Waals surface area contributed by atoms with Crippen LogP contribution >= 0.6 is 18.6 Å². The molecule has 19 heavy (non-hydrogen) atoms. The van der Waals surface area contributed by atoms with Gasteiger partial charge in [-0.3, -0.25) is 0 Å². The molecule has 0 aliphatic heterocycles. The molecule has 4 nitrogen and oxygen atoms in total. The van der Waals surface area contributed by atoms with Crippen molar-refractivity contribution in [2.45, 2.75) is 13.3 Å². The molecular formula is C13H29O4PS. The van der Waals surface area contributed by atoms with E-state index in [0.717, 1.165) is 18.1 Å². The van der Waals surface area contributed by atoms with Gasteiger partial charge in [-0.05, 0) is 0 Å². The van der Waals surface area contributed by atoms with Crippen LogP contribution in [0.4, 0.5) is 0 Å². The van der Waals surface area contributed by atoms with Gasteiger partial charge in [-0.2, -0.15) is 0 Å². The Labute approximate surface area is 121 Å². The molecule has 0 unspecified atom stereocenters. The molecule has 116 valence electrons. The number of hydrogen-bond donors (Lipinski definition) is 0. The van der Waals surface area contributed by atoms with E-state index in [1.54, 1.807) is 18.9 Å². The molecule has 0 amide bonds. The maximum absolute atomic E-state index is 11.9. The molecule has 0 fully saturated rings. The van der Waals surface area contributed by atoms with Crippen LogP contribution in [-0.2, 0) is 18.8 Å². The van der Waals surface area contributed by atoms with Crippen LogP contribution in [0.5, 0.6) is 0 Å². The molecule has 0 spiro atoms. The molecule has 0 aromatic carbocycles. The summed E-state index contributed by atoms with van der Waals surface area (Å²) in [6.45, 7) is 5.74. The van der Waals surface area contributed by atoms with E-state index in [-0.39, 0.29) is 5.97 Å². The monoisotopic (exact) mass is 312 g/mol. The summed E-state index contributed by atoms with van der Waals surface area (Å²) in [5, 5.41) is 0. The second kappa shape index (κ2) is 9.17. The number of thioether (sulfide) groups is 1. The fourth-order valence-corrected chi connectivity index (χ4v) is 3.83. The molecule has 0 aliphatic rings. The van der Waals surface area contributed by atoms with E-state index in [9.17, 15) is 4.79 Å². The third-order valence-electron chi connectivity index (χ3n) is 3.27. The maximum atomic E-state index is 11.9. The number of rotatable bonds is 11. The van der Waals surface area contributed by atoms with Crippen molar-refractivity contribution >= 4 is 24.6 Å². The van der Waals surface area contributed by atoms with Crippen molar-refractivity contribution in [1.29, 1.82) is 0 Å². The third kappa shape index (κ3) is 8.85. The molecule has 0 saturated carbocycles. The summed E-state index contributed by atoms with van der Waals surface area (Å²) < 4.78 is 16.3. The van der Waals surface area contributed by atoms with Crippen molar-refractivity contribution in [2.24, 2.45) is 0 Å². The zero-order valence-electron chi connectivity index (χ0n) is 12.9. The van der Waals surface area contributed by atoms with Gasteiger partial charge in [0.1, 0.15) is 0 Å². The van der Waals surface area contributed by atoms with E-state index >= 15 is 0 Å². The summed E-state index contributed by atoms with van der Waals surface area (Å²) in [4.78, 5) is 11.9. The standard InChI is InChI=1S/C13H29O4PS/c1-6-18(3,4,11-10-16-9-8-15-2)17-13(14)7-12-19-5/h6-12H2,1-5H3. The van der Waals surface area contributed by atoms with E-state index in [0.29, 0.717) is 26.2 Å². The summed E-state index contributed by atoms with van der Waals surface area (Å²) in [6, 6.07) is 0. The van der Waals surface area contributed by atoms with E-state index < -0.39 is 6.83 Å². The molecule has 0 aromatic rings. The van der Waals surface area contributed by atoms with Crippen molar-refractivity contribution in [2.75, 3.05) is 64.6 Å². The Morgan fingerprint density at radius 2 is 1.89 bits per heavy atom. The summed E-state index contributed by atoms with van der Waals surface area (Å²) in [7, 11) is 1.66. The predicted octanol–water partition coefficient (Wildman–Crippen LogP) is 2.69. The van der Waals surface area contributed by atoms with Crippen molar-refractivity contribution in [3.05, 3.63) is 0 Å². The second-order valence-electron chi connectivity index (χ2n) is 5.41. The molecule has 0 aliphatic carbocycles. The van der Waals surface area contributed by atoms with Gasteiger partial charge < -0.3 is 0 Å². The normalized spacial score (nSPS) is 13.8. The van der Waals surface area contributed by atoms with Crippen molar-refractivity contribution < 1.29 is 18.8 Å². The van der Waals surface area contributed by atoms with E-state index in [4.69, 9.17) is 14.0 Å². The Morgan fingerprint density at radius 3 is 2.42 bits per heavy atom. The Bertz CT molecular complexity index is 271. The van der Waals surface area contributed by atoms with Crippen LogP contribution in [0, 0.1) is 0 Å². The van der Waals surface area contributed by atoms with Gasteiger partial charge in [-0.1, -0.05) is 0 Å². The summed E-state index contributed by atoms with van der Waals surface area (Å²) in [5.41, 5.74) is 0. The summed E-state index contributed by atoms with van der Waals surface area (Å²) >= 11 is 1.66. The topological polar surface area (TPSA) is 44.8 Å². The molecule has 0 N–H and O–H groups in total. The predicted molar refractivity (Wildman–Crippen MR) is 86.0 cm³/mol. The fourth-order valence-electron chi connectivity index (χ4n) is 1.44. The van der Waals surface area contributed by atoms with Crippen LogP contribution in [0.3, 0.4) is 0 Å². The SMILES string of the molecule is CCP(C)(C)(CCOCCOC)OC(=O)CCSC. The number of carbonyl (C=O) groups excluding carboxylic acids is 1. The Morgan fingerprint density at radius 1 is 1.21 bits per heavy atom. The minimum absolute atomic E-state index is 0.0734. The Hall–Kier alpha value is 0.170. The molecule has 0 radical (unpaired) electrons. The first-order valence-electron chi connectivity index (χ1n) is 6.65. The van der Waals surface area contributed by atoms with E-state index in [2.05, 4.69) is 20.3 Å². The molecule has 0 heterocycles. The second-order valence-corrected chi connectivity index (χ2v) is 12.8. The quantitative estimate of drug-likeness (QED) is 0.433. The van der Waals surface area contributed by atoms with Gasteiger partial charge in [0.25, 0.3) is 0 Å². The summed E-state index contributed by atoms with van der Waals surface area (Å²) in [6.07, 6.45) is 4.20. The van der Waals surface area contributed by atoms with Gasteiger partial charge in [0.2, 0.25) is 0 Å². The zero-order chi connectivity index (χ0) is 14.8. The van der Waals surface area contributed by atoms with Crippen LogP contribution < -0.4 is 0 Å². The molecule has 0 atom stereocenters. The number of ether oxygens (including phenoxy) is 2. The van der Waals surface area contributed by atoms with Gasteiger partial charge in [-0.15, -0.1) is 0 Å². The third-order valence-corrected chi connectivity index (χ3v) is 8.26. The van der Waals surface area contributed by atoms with Gasteiger partial charge in [-0.25, -0.2) is 0 Å². The number of hydrogen-bond acceptors (Lipinski definition) is 5. The van der Waals surface area contributed by atoms with Crippen LogP contribution in [-0.4, -0.2) is 70.6 Å². The molecule has 0 saturated heterocycles. The Kier molecular flexibility index (Phi) is 9.25. The molecule has 6 heteroatoms. The van der Waals surface area contributed by atoms with E-state index in [1.807, 2.05) is 6.26 Å². The Balaban J connectivity index is 4.24. The molecule has 0 bridgehead atoms. The first-order valence-corrected chi connectivity index (χ1v) is 11.5. The van der Waals surface area contributed by atoms with Crippen LogP contribution in [0.25, 0.3) is 0 Å². The summed E-state index contributed by atoms with van der Waals surface area (Å²) in [5.74, 6) is 0.745. The minimum atomic E-state index is -2.40. The molecular weight excluding hydrogens is 283 g/mol. The van der Waals surface area contributed by atoms with Gasteiger partial charge in [0, 0.05) is 0 Å². The zero-order valence-corrected chi connectivity index (χ0v) is 14.6. The average molecular weight is 312 g/mol. The van der Waals surface area contributed by atoms with Gasteiger partial charge >= 0.3 is 121 Å². The van der Waals surface area contributed by atoms with Crippen molar-refractivity contribution in [3.63, 3.8) is 0 Å². The fraction of sp³-hybridized carbons (Fsp3) is 0.923. The molecule has 0 rings (SSSR count). The van der Waals surface area contributed by atoms with Crippen LogP contribution in [0.2, 0.25) is 0 Å². The van der Waals surface area contributed by atoms with E-state index in [1.165, 1.54) is 0 Å². The number of methoxy groups -OCH3 is 1. The van der Waals surface area contributed by atoms with Crippen LogP contribution in [0.15, 0.2) is 0 Å². The van der Waals surface area contributed by atoms with Crippen LogP contribution in [0.1, 0.15) is 13.3 Å². The van der Waals surface area contributed by atoms with Crippen molar-refractivity contribution in [3.8, 4) is 0 Å². The first-order chi connectivity index (χ1) is 8.86. The van der Waals surface area contributed by atoms with Gasteiger partial charge in [0.15, 0.2) is 0 Å². The molecule has 0 aromatic heterocycles. The van der Waals surface area contributed by atoms with Gasteiger partial charge in [0.05, 0.1) is 0 Å². The number of carbonyl (C=O) groups is 1.